The van der Waals surface area contributed by atoms with Gasteiger partial charge in [-0.15, -0.1) is 0 Å². The molecule has 0 radical (unpaired) electrons. The van der Waals surface area contributed by atoms with E-state index >= 15 is 0 Å². The number of ketones is 1. The van der Waals surface area contributed by atoms with E-state index in [9.17, 15) is 14.4 Å². The van der Waals surface area contributed by atoms with Crippen LogP contribution in [0.15, 0.2) is 36.8 Å². The molecule has 0 bridgehead atoms. The standard InChI is InChI=1S/C26H39N3O5/c1-2-3-4-5-6-9-12-20-21(13-10-7-8-11-14-25(31)32)24(30)16-23(20)29-17-19(28-18-29)15-22(27)26(33)34/h7,9-10,12,17-18,20-23H,2-6,8,11,13-16,27H2,1H3,(H,31,32)(H,33,34)/b10-7-,12-9+/t20-,21-,22?,23?/m1/s1. The van der Waals surface area contributed by atoms with E-state index in [0.29, 0.717) is 31.4 Å². The van der Waals surface area contributed by atoms with Crippen LogP contribution in [0.2, 0.25) is 0 Å². The predicted molar refractivity (Wildman–Crippen MR) is 130 cm³/mol. The van der Waals surface area contributed by atoms with Gasteiger partial charge in [0, 0.05) is 43.3 Å². The maximum absolute atomic E-state index is 12.9. The Balaban J connectivity index is 2.09. The highest BCUT2D eigenvalue weighted by atomic mass is 16.4. The summed E-state index contributed by atoms with van der Waals surface area (Å²) in [6.45, 7) is 2.19. The minimum absolute atomic E-state index is 0.0255. The molecule has 8 nitrogen and oxygen atoms in total. The first-order valence-corrected chi connectivity index (χ1v) is 12.4. The highest BCUT2D eigenvalue weighted by molar-refractivity contribution is 5.84. The molecule has 1 aromatic heterocycles. The van der Waals surface area contributed by atoms with Gasteiger partial charge in [0.15, 0.2) is 0 Å². The van der Waals surface area contributed by atoms with Crippen molar-refractivity contribution in [3.63, 3.8) is 0 Å². The number of nitrogens with zero attached hydrogens (tertiary/aromatic N) is 2. The summed E-state index contributed by atoms with van der Waals surface area (Å²) in [6.07, 6.45) is 20.1. The molecule has 8 heteroatoms. The molecule has 188 valence electrons. The summed E-state index contributed by atoms with van der Waals surface area (Å²) in [5.41, 5.74) is 6.25. The van der Waals surface area contributed by atoms with Gasteiger partial charge in [0.1, 0.15) is 11.8 Å². The van der Waals surface area contributed by atoms with Gasteiger partial charge in [-0.1, -0.05) is 50.5 Å². The van der Waals surface area contributed by atoms with Crippen LogP contribution < -0.4 is 5.73 Å². The van der Waals surface area contributed by atoms with Crippen LogP contribution >= 0.6 is 0 Å². The molecule has 2 unspecified atom stereocenters. The van der Waals surface area contributed by atoms with Crippen molar-refractivity contribution < 1.29 is 24.6 Å². The van der Waals surface area contributed by atoms with Crippen LogP contribution in [0.4, 0.5) is 0 Å². The van der Waals surface area contributed by atoms with Crippen molar-refractivity contribution in [1.29, 1.82) is 0 Å². The number of aliphatic carboxylic acids is 2. The Morgan fingerprint density at radius 2 is 1.94 bits per heavy atom. The monoisotopic (exact) mass is 473 g/mol. The normalized spacial score (nSPS) is 21.6. The van der Waals surface area contributed by atoms with Gasteiger partial charge in [0.2, 0.25) is 0 Å². The van der Waals surface area contributed by atoms with Gasteiger partial charge in [0.25, 0.3) is 0 Å². The number of aromatic nitrogens is 2. The van der Waals surface area contributed by atoms with Crippen LogP contribution in [0.25, 0.3) is 0 Å². The Morgan fingerprint density at radius 1 is 1.18 bits per heavy atom. The second-order valence-electron chi connectivity index (χ2n) is 9.15. The van der Waals surface area contributed by atoms with Crippen molar-refractivity contribution in [2.24, 2.45) is 17.6 Å². The molecule has 1 aliphatic rings. The zero-order valence-electron chi connectivity index (χ0n) is 20.1. The Hall–Kier alpha value is -2.74. The SMILES string of the molecule is CCCCCC/C=C/[C@H]1C(n2cnc(CC(N)C(=O)O)c2)CC(=O)[C@@H]1C/C=C\CCCC(=O)O. The molecule has 2 rings (SSSR count). The number of allylic oxidation sites excluding steroid dienone is 4. The van der Waals surface area contributed by atoms with Crippen molar-refractivity contribution in [2.45, 2.75) is 89.6 Å². The second-order valence-corrected chi connectivity index (χ2v) is 9.15. The summed E-state index contributed by atoms with van der Waals surface area (Å²) in [5.74, 6) is -1.77. The van der Waals surface area contributed by atoms with Gasteiger partial charge < -0.3 is 20.5 Å². The van der Waals surface area contributed by atoms with E-state index in [2.05, 4.69) is 24.1 Å². The van der Waals surface area contributed by atoms with E-state index in [1.165, 1.54) is 19.3 Å². The van der Waals surface area contributed by atoms with E-state index in [0.717, 1.165) is 12.8 Å². The lowest BCUT2D eigenvalue weighted by Gasteiger charge is -2.21. The molecule has 1 heterocycles. The topological polar surface area (TPSA) is 136 Å². The number of Topliss-reactive ketones (excluding diaryl/α,β-unsaturated/α-hetero) is 1. The number of carbonyl (C=O) groups excluding carboxylic acids is 1. The minimum Gasteiger partial charge on any atom is -0.481 e. The number of unbranched alkanes of at least 4 members (excludes halogenated alkanes) is 5. The number of carbonyl (C=O) groups is 3. The third-order valence-corrected chi connectivity index (χ3v) is 6.42. The molecule has 0 amide bonds. The number of hydrogen-bond donors (Lipinski definition) is 3. The molecule has 4 N–H and O–H groups in total. The number of nitrogens with two attached hydrogens (primary N) is 1. The average Bonchev–Trinajstić information content (AvgIpc) is 3.37. The van der Waals surface area contributed by atoms with Gasteiger partial charge in [-0.3, -0.25) is 14.4 Å². The van der Waals surface area contributed by atoms with Crippen molar-refractivity contribution in [3.8, 4) is 0 Å². The number of carboxylic acids is 2. The zero-order chi connectivity index (χ0) is 24.9. The van der Waals surface area contributed by atoms with E-state index in [1.54, 1.807) is 6.33 Å². The second kappa shape index (κ2) is 14.5. The minimum atomic E-state index is -1.07. The Morgan fingerprint density at radius 3 is 2.65 bits per heavy atom. The molecule has 0 saturated heterocycles. The molecule has 4 atom stereocenters. The quantitative estimate of drug-likeness (QED) is 0.240. The van der Waals surface area contributed by atoms with Gasteiger partial charge in [-0.2, -0.15) is 0 Å². The summed E-state index contributed by atoms with van der Waals surface area (Å²) in [6, 6.07) is -1.07. The third kappa shape index (κ3) is 8.89. The Bertz CT molecular complexity index is 860. The first-order valence-electron chi connectivity index (χ1n) is 12.4. The third-order valence-electron chi connectivity index (χ3n) is 6.42. The molecule has 0 aromatic carbocycles. The van der Waals surface area contributed by atoms with E-state index in [4.69, 9.17) is 15.9 Å². The maximum Gasteiger partial charge on any atom is 0.320 e. The van der Waals surface area contributed by atoms with Crippen LogP contribution in [-0.4, -0.2) is 43.5 Å². The largest absolute Gasteiger partial charge is 0.481 e. The van der Waals surface area contributed by atoms with Crippen LogP contribution in [0, 0.1) is 11.8 Å². The van der Waals surface area contributed by atoms with Crippen molar-refractivity contribution in [3.05, 3.63) is 42.5 Å². The molecule has 1 aliphatic carbocycles. The molecular formula is C26H39N3O5. The van der Waals surface area contributed by atoms with Gasteiger partial charge in [-0.25, -0.2) is 4.98 Å². The predicted octanol–water partition coefficient (Wildman–Crippen LogP) is 4.31. The lowest BCUT2D eigenvalue weighted by atomic mass is 9.89. The summed E-state index contributed by atoms with van der Waals surface area (Å²) in [4.78, 5) is 39.0. The molecule has 34 heavy (non-hydrogen) atoms. The lowest BCUT2D eigenvalue weighted by Crippen LogP contribution is -2.32. The fourth-order valence-electron chi connectivity index (χ4n) is 4.48. The van der Waals surface area contributed by atoms with Crippen LogP contribution in [0.3, 0.4) is 0 Å². The maximum atomic E-state index is 12.9. The fraction of sp³-hybridized carbons (Fsp3) is 0.615. The van der Waals surface area contributed by atoms with Crippen molar-refractivity contribution in [1.82, 2.24) is 9.55 Å². The summed E-state index contributed by atoms with van der Waals surface area (Å²) in [7, 11) is 0. The van der Waals surface area contributed by atoms with Crippen LogP contribution in [-0.2, 0) is 20.8 Å². The van der Waals surface area contributed by atoms with Crippen molar-refractivity contribution >= 4 is 17.7 Å². The Labute approximate surface area is 201 Å². The van der Waals surface area contributed by atoms with Gasteiger partial charge in [-0.05, 0) is 32.1 Å². The summed E-state index contributed by atoms with van der Waals surface area (Å²) >= 11 is 0. The first kappa shape index (κ1) is 27.5. The summed E-state index contributed by atoms with van der Waals surface area (Å²) < 4.78 is 1.93. The first-order chi connectivity index (χ1) is 16.3. The molecule has 0 aliphatic heterocycles. The lowest BCUT2D eigenvalue weighted by molar-refractivity contribution is -0.139. The van der Waals surface area contributed by atoms with Gasteiger partial charge in [0.05, 0.1) is 12.0 Å². The number of hydrogen-bond acceptors (Lipinski definition) is 5. The van der Waals surface area contributed by atoms with E-state index in [1.807, 2.05) is 22.9 Å². The van der Waals surface area contributed by atoms with E-state index < -0.39 is 18.0 Å². The molecule has 0 spiro atoms. The van der Waals surface area contributed by atoms with Crippen LogP contribution in [0.1, 0.15) is 82.9 Å². The molecule has 1 saturated carbocycles. The molecular weight excluding hydrogens is 434 g/mol. The van der Waals surface area contributed by atoms with Crippen LogP contribution in [0.5, 0.6) is 0 Å². The smallest absolute Gasteiger partial charge is 0.320 e. The number of imidazole rings is 1. The average molecular weight is 474 g/mol. The fourth-order valence-corrected chi connectivity index (χ4v) is 4.48. The highest BCUT2D eigenvalue weighted by Crippen LogP contribution is 2.41. The molecule has 1 fully saturated rings. The van der Waals surface area contributed by atoms with Crippen molar-refractivity contribution in [2.75, 3.05) is 0 Å². The zero-order valence-corrected chi connectivity index (χ0v) is 20.1. The number of rotatable bonds is 16. The van der Waals surface area contributed by atoms with E-state index in [-0.39, 0.29) is 36.5 Å². The highest BCUT2D eigenvalue weighted by Gasteiger charge is 2.41. The number of carboxylic acid groups (broad SMARTS) is 2. The van der Waals surface area contributed by atoms with Gasteiger partial charge >= 0.3 is 11.9 Å². The summed E-state index contributed by atoms with van der Waals surface area (Å²) in [5, 5.41) is 17.8. The Kier molecular flexibility index (Phi) is 11.7. The molecule has 1 aromatic rings.